The van der Waals surface area contributed by atoms with Crippen LogP contribution in [0.15, 0.2) is 36.4 Å². The van der Waals surface area contributed by atoms with E-state index < -0.39 is 30.3 Å². The SMILES string of the molecule is COC(=O)C[C@H](NC(=O)C=Cc1ccccc1)C(=O)O. The average molecular weight is 277 g/mol. The van der Waals surface area contributed by atoms with E-state index in [4.69, 9.17) is 5.11 Å². The van der Waals surface area contributed by atoms with Crippen molar-refractivity contribution in [3.8, 4) is 0 Å². The van der Waals surface area contributed by atoms with Crippen LogP contribution in [0, 0.1) is 0 Å². The number of carboxylic acid groups (broad SMARTS) is 1. The number of methoxy groups -OCH3 is 1. The number of hydrogen-bond acceptors (Lipinski definition) is 4. The molecule has 6 nitrogen and oxygen atoms in total. The molecule has 0 aliphatic carbocycles. The molecule has 6 heteroatoms. The van der Waals surface area contributed by atoms with Crippen LogP contribution in [0.1, 0.15) is 12.0 Å². The van der Waals surface area contributed by atoms with Gasteiger partial charge in [-0.05, 0) is 11.6 Å². The molecule has 0 heterocycles. The van der Waals surface area contributed by atoms with Gasteiger partial charge >= 0.3 is 11.9 Å². The van der Waals surface area contributed by atoms with Gasteiger partial charge in [-0.2, -0.15) is 0 Å². The molecule has 0 aliphatic heterocycles. The van der Waals surface area contributed by atoms with Crippen molar-refractivity contribution >= 4 is 23.9 Å². The van der Waals surface area contributed by atoms with E-state index in [0.717, 1.165) is 12.7 Å². The lowest BCUT2D eigenvalue weighted by atomic mass is 10.2. The summed E-state index contributed by atoms with van der Waals surface area (Å²) in [5, 5.41) is 11.1. The minimum Gasteiger partial charge on any atom is -0.480 e. The summed E-state index contributed by atoms with van der Waals surface area (Å²) in [5.74, 6) is -2.59. The van der Waals surface area contributed by atoms with Gasteiger partial charge in [0.1, 0.15) is 6.04 Å². The van der Waals surface area contributed by atoms with Crippen molar-refractivity contribution in [2.75, 3.05) is 7.11 Å². The van der Waals surface area contributed by atoms with Gasteiger partial charge in [-0.1, -0.05) is 30.3 Å². The number of ether oxygens (including phenoxy) is 1. The Labute approximate surface area is 116 Å². The third-order valence-electron chi connectivity index (χ3n) is 2.44. The summed E-state index contributed by atoms with van der Waals surface area (Å²) in [7, 11) is 1.15. The summed E-state index contributed by atoms with van der Waals surface area (Å²) in [4.78, 5) is 33.5. The van der Waals surface area contributed by atoms with E-state index in [9.17, 15) is 14.4 Å². The highest BCUT2D eigenvalue weighted by atomic mass is 16.5. The molecule has 0 fully saturated rings. The van der Waals surface area contributed by atoms with Crippen LogP contribution in [0.5, 0.6) is 0 Å². The standard InChI is InChI=1S/C14H15NO5/c1-20-13(17)9-11(14(18)19)15-12(16)8-7-10-5-3-2-4-6-10/h2-8,11H,9H2,1H3,(H,15,16)(H,18,19)/t11-/m0/s1. The van der Waals surface area contributed by atoms with E-state index in [0.29, 0.717) is 0 Å². The summed E-state index contributed by atoms with van der Waals surface area (Å²) in [6.45, 7) is 0. The normalized spacial score (nSPS) is 11.8. The molecule has 1 aromatic rings. The topological polar surface area (TPSA) is 92.7 Å². The smallest absolute Gasteiger partial charge is 0.326 e. The summed E-state index contributed by atoms with van der Waals surface area (Å²) in [6.07, 6.45) is 2.34. The Bertz CT molecular complexity index is 510. The second-order valence-corrected chi connectivity index (χ2v) is 3.92. The van der Waals surface area contributed by atoms with E-state index in [-0.39, 0.29) is 0 Å². The summed E-state index contributed by atoms with van der Waals surface area (Å²) < 4.78 is 4.37. The fourth-order valence-electron chi connectivity index (χ4n) is 1.41. The Kier molecular flexibility index (Phi) is 5.96. The number of carboxylic acids is 1. The lowest BCUT2D eigenvalue weighted by molar-refractivity contribution is -0.148. The summed E-state index contributed by atoms with van der Waals surface area (Å²) >= 11 is 0. The number of rotatable bonds is 6. The van der Waals surface area contributed by atoms with Gasteiger partial charge in [0.25, 0.3) is 0 Å². The van der Waals surface area contributed by atoms with Gasteiger partial charge in [-0.15, -0.1) is 0 Å². The van der Waals surface area contributed by atoms with Gasteiger partial charge in [0.2, 0.25) is 5.91 Å². The zero-order chi connectivity index (χ0) is 15.0. The van der Waals surface area contributed by atoms with E-state index in [2.05, 4.69) is 10.1 Å². The molecule has 0 aromatic heterocycles. The van der Waals surface area contributed by atoms with Crippen molar-refractivity contribution in [3.63, 3.8) is 0 Å². The first-order valence-corrected chi connectivity index (χ1v) is 5.86. The third-order valence-corrected chi connectivity index (χ3v) is 2.44. The minimum atomic E-state index is -1.31. The van der Waals surface area contributed by atoms with E-state index in [1.165, 1.54) is 6.08 Å². The molecular formula is C14H15NO5. The van der Waals surface area contributed by atoms with Gasteiger partial charge in [-0.25, -0.2) is 4.79 Å². The van der Waals surface area contributed by atoms with E-state index >= 15 is 0 Å². The third kappa shape index (κ3) is 5.34. The second kappa shape index (κ2) is 7.73. The first-order chi connectivity index (χ1) is 9.52. The van der Waals surface area contributed by atoms with Crippen molar-refractivity contribution in [1.29, 1.82) is 0 Å². The lowest BCUT2D eigenvalue weighted by Gasteiger charge is -2.11. The predicted octanol–water partition coefficient (Wildman–Crippen LogP) is 0.832. The number of carbonyl (C=O) groups excluding carboxylic acids is 2. The van der Waals surface area contributed by atoms with Crippen molar-refractivity contribution in [1.82, 2.24) is 5.32 Å². The fraction of sp³-hybridized carbons (Fsp3) is 0.214. The largest absolute Gasteiger partial charge is 0.480 e. The summed E-state index contributed by atoms with van der Waals surface area (Å²) in [6, 6.07) is 7.76. The lowest BCUT2D eigenvalue weighted by Crippen LogP contribution is -2.41. The molecular weight excluding hydrogens is 262 g/mol. The molecule has 0 spiro atoms. The van der Waals surface area contributed by atoms with Gasteiger partial charge in [-0.3, -0.25) is 9.59 Å². The zero-order valence-electron chi connectivity index (χ0n) is 10.9. The van der Waals surface area contributed by atoms with Crippen LogP contribution >= 0.6 is 0 Å². The number of aliphatic carboxylic acids is 1. The Morgan fingerprint density at radius 2 is 1.95 bits per heavy atom. The maximum absolute atomic E-state index is 11.6. The zero-order valence-corrected chi connectivity index (χ0v) is 10.9. The van der Waals surface area contributed by atoms with Crippen LogP contribution < -0.4 is 5.32 Å². The van der Waals surface area contributed by atoms with Crippen molar-refractivity contribution in [2.24, 2.45) is 0 Å². The molecule has 1 rings (SSSR count). The molecule has 0 aliphatic rings. The molecule has 0 unspecified atom stereocenters. The van der Waals surface area contributed by atoms with Crippen LogP contribution in [-0.2, 0) is 19.1 Å². The first kappa shape index (κ1) is 15.4. The highest BCUT2D eigenvalue weighted by molar-refractivity contribution is 5.95. The Hall–Kier alpha value is -2.63. The molecule has 1 atom stereocenters. The number of amides is 1. The number of nitrogens with one attached hydrogen (secondary N) is 1. The molecule has 0 bridgehead atoms. The molecule has 0 saturated heterocycles. The van der Waals surface area contributed by atoms with Crippen molar-refractivity contribution < 1.29 is 24.2 Å². The molecule has 106 valence electrons. The van der Waals surface area contributed by atoms with Crippen LogP contribution in [0.2, 0.25) is 0 Å². The quantitative estimate of drug-likeness (QED) is 0.593. The molecule has 2 N–H and O–H groups in total. The van der Waals surface area contributed by atoms with Crippen molar-refractivity contribution in [3.05, 3.63) is 42.0 Å². The molecule has 20 heavy (non-hydrogen) atoms. The number of esters is 1. The second-order valence-electron chi connectivity index (χ2n) is 3.92. The first-order valence-electron chi connectivity index (χ1n) is 5.86. The maximum atomic E-state index is 11.6. The van der Waals surface area contributed by atoms with E-state index in [1.54, 1.807) is 18.2 Å². The van der Waals surface area contributed by atoms with Crippen LogP contribution in [0.25, 0.3) is 6.08 Å². The van der Waals surface area contributed by atoms with Crippen LogP contribution in [0.4, 0.5) is 0 Å². The Morgan fingerprint density at radius 1 is 1.30 bits per heavy atom. The molecule has 0 radical (unpaired) electrons. The van der Waals surface area contributed by atoms with Gasteiger partial charge in [0, 0.05) is 6.08 Å². The van der Waals surface area contributed by atoms with Gasteiger partial charge < -0.3 is 15.2 Å². The van der Waals surface area contributed by atoms with Crippen LogP contribution in [-0.4, -0.2) is 36.1 Å². The Balaban J connectivity index is 2.60. The minimum absolute atomic E-state index is 0.420. The number of benzene rings is 1. The van der Waals surface area contributed by atoms with Crippen LogP contribution in [0.3, 0.4) is 0 Å². The molecule has 0 saturated carbocycles. The molecule has 1 amide bonds. The van der Waals surface area contributed by atoms with E-state index in [1.807, 2.05) is 18.2 Å². The molecule has 1 aromatic carbocycles. The highest BCUT2D eigenvalue weighted by Gasteiger charge is 2.22. The van der Waals surface area contributed by atoms with Crippen molar-refractivity contribution in [2.45, 2.75) is 12.5 Å². The summed E-state index contributed by atoms with van der Waals surface area (Å²) in [5.41, 5.74) is 0.808. The number of hydrogen-bond donors (Lipinski definition) is 2. The highest BCUT2D eigenvalue weighted by Crippen LogP contribution is 2.01. The number of carbonyl (C=O) groups is 3. The Morgan fingerprint density at radius 3 is 2.50 bits per heavy atom. The average Bonchev–Trinajstić information content (AvgIpc) is 2.45. The maximum Gasteiger partial charge on any atom is 0.326 e. The fourth-order valence-corrected chi connectivity index (χ4v) is 1.41. The van der Waals surface area contributed by atoms with Gasteiger partial charge in [0.05, 0.1) is 13.5 Å². The predicted molar refractivity (Wildman–Crippen MR) is 71.7 cm³/mol. The monoisotopic (exact) mass is 277 g/mol. The van der Waals surface area contributed by atoms with Gasteiger partial charge in [0.15, 0.2) is 0 Å².